The van der Waals surface area contributed by atoms with Gasteiger partial charge in [0.15, 0.2) is 6.10 Å². The van der Waals surface area contributed by atoms with E-state index in [0.29, 0.717) is 38.0 Å². The number of fused-ring (bicyclic) bond motifs is 4. The molecule has 3 rings (SSSR count). The lowest BCUT2D eigenvalue weighted by Crippen LogP contribution is -2.55. The molecule has 0 spiro atoms. The third-order valence-corrected chi connectivity index (χ3v) is 9.79. The van der Waals surface area contributed by atoms with Gasteiger partial charge in [0, 0.05) is 31.3 Å². The van der Waals surface area contributed by atoms with Crippen LogP contribution in [0.2, 0.25) is 0 Å². The summed E-state index contributed by atoms with van der Waals surface area (Å²) < 4.78 is 23.9. The van der Waals surface area contributed by atoms with Crippen LogP contribution >= 0.6 is 0 Å². The molecule has 0 aromatic rings. The number of esters is 2. The molecule has 0 aromatic heterocycles. The van der Waals surface area contributed by atoms with Crippen LogP contribution in [0, 0.1) is 17.3 Å². The molecule has 3 heterocycles. The SMILES string of the molecule is C=C(CCC(C)C)COC(=O)[C@@H](O)C/C=C\C[C@H]1O[C@H]2C=CCC=CC(C)=C[C@@H]3O[C@H](CC=CC=CC(=O)O[C@@H](C2)[C@]1(C)CO)C[C@@H](O)[C@@H]3C. The highest BCUT2D eigenvalue weighted by Crippen LogP contribution is 2.41. The monoisotopic (exact) mass is 696 g/mol. The average molecular weight is 697 g/mol. The van der Waals surface area contributed by atoms with Crippen molar-refractivity contribution < 1.29 is 43.9 Å². The lowest BCUT2D eigenvalue weighted by Gasteiger charge is -2.47. The first kappa shape index (κ1) is 41.3. The number of aliphatic hydroxyl groups excluding tert-OH is 3. The topological polar surface area (TPSA) is 132 Å². The van der Waals surface area contributed by atoms with Crippen LogP contribution in [-0.4, -0.2) is 83.2 Å². The molecule has 0 unspecified atom stereocenters. The van der Waals surface area contributed by atoms with Gasteiger partial charge in [-0.25, -0.2) is 9.59 Å². The first-order valence-electron chi connectivity index (χ1n) is 18.1. The molecule has 3 N–H and O–H groups in total. The van der Waals surface area contributed by atoms with Gasteiger partial charge >= 0.3 is 11.9 Å². The van der Waals surface area contributed by atoms with Gasteiger partial charge in [-0.3, -0.25) is 0 Å². The molecule has 3 aliphatic rings. The van der Waals surface area contributed by atoms with Crippen molar-refractivity contribution in [1.82, 2.24) is 0 Å². The Labute approximate surface area is 299 Å². The van der Waals surface area contributed by atoms with E-state index in [-0.39, 0.29) is 43.9 Å². The van der Waals surface area contributed by atoms with Crippen molar-refractivity contribution in [2.45, 2.75) is 129 Å². The standard InChI is InChI=1S/C41H60O9/c1-28(2)21-22-30(4)26-47-40(46)34(43)18-13-14-19-37-41(6,27-42)38-25-33(49-37)17-10-7-9-15-29(3)23-36-31(5)35(44)24-32(48-36)16-11-8-12-20-39(45)50-38/h8-15,17,20,23,28,31-38,42-44H,4,7,16,18-19,21-22,24-27H2,1-3,5-6H3/b11-8?,14-13-,15-9?,17-10?,20-12?,29-23?/t31-,32+,33-,34-,35+,36-,37+,38-,41+/m0/s1. The fraction of sp³-hybridized carbons (Fsp3) is 0.610. The van der Waals surface area contributed by atoms with Crippen LogP contribution < -0.4 is 0 Å². The first-order chi connectivity index (χ1) is 23.8. The van der Waals surface area contributed by atoms with E-state index in [1.54, 1.807) is 18.2 Å². The van der Waals surface area contributed by atoms with Crippen molar-refractivity contribution in [2.24, 2.45) is 17.3 Å². The molecule has 0 aliphatic carbocycles. The van der Waals surface area contributed by atoms with Gasteiger partial charge in [-0.05, 0) is 50.5 Å². The molecule has 0 saturated carbocycles. The smallest absolute Gasteiger partial charge is 0.335 e. The number of rotatable bonds is 11. The molecule has 2 saturated heterocycles. The highest BCUT2D eigenvalue weighted by Gasteiger charge is 2.49. The minimum atomic E-state index is -1.31. The van der Waals surface area contributed by atoms with Crippen molar-refractivity contribution in [3.63, 3.8) is 0 Å². The maximum absolute atomic E-state index is 13.0. The summed E-state index contributed by atoms with van der Waals surface area (Å²) in [6, 6.07) is 0. The van der Waals surface area contributed by atoms with E-state index >= 15 is 0 Å². The second-order valence-electron chi connectivity index (χ2n) is 14.6. The average Bonchev–Trinajstić information content (AvgIpc) is 3.07. The Hall–Kier alpha value is -3.08. The number of hydrogen-bond donors (Lipinski definition) is 3. The van der Waals surface area contributed by atoms with Crippen LogP contribution in [0.4, 0.5) is 0 Å². The highest BCUT2D eigenvalue weighted by atomic mass is 16.6. The van der Waals surface area contributed by atoms with Crippen LogP contribution in [0.25, 0.3) is 0 Å². The molecule has 2 fully saturated rings. The predicted molar refractivity (Wildman–Crippen MR) is 195 cm³/mol. The minimum Gasteiger partial charge on any atom is -0.459 e. The van der Waals surface area contributed by atoms with E-state index in [1.807, 2.05) is 57.2 Å². The number of hydrogen-bond acceptors (Lipinski definition) is 9. The molecule has 9 nitrogen and oxygen atoms in total. The van der Waals surface area contributed by atoms with Crippen molar-refractivity contribution >= 4 is 11.9 Å². The van der Waals surface area contributed by atoms with Gasteiger partial charge in [0.1, 0.15) is 12.7 Å². The summed E-state index contributed by atoms with van der Waals surface area (Å²) >= 11 is 0. The summed E-state index contributed by atoms with van der Waals surface area (Å²) in [4.78, 5) is 25.3. The Balaban J connectivity index is 1.71. The molecular weight excluding hydrogens is 636 g/mol. The summed E-state index contributed by atoms with van der Waals surface area (Å²) in [5, 5.41) is 31.6. The number of aliphatic hydroxyl groups is 3. The Bertz CT molecular complexity index is 1290. The van der Waals surface area contributed by atoms with Gasteiger partial charge in [-0.2, -0.15) is 0 Å². The molecule has 50 heavy (non-hydrogen) atoms. The van der Waals surface area contributed by atoms with Gasteiger partial charge in [-0.1, -0.05) is 101 Å². The lowest BCUT2D eigenvalue weighted by atomic mass is 9.73. The normalized spacial score (nSPS) is 31.7. The number of allylic oxidation sites excluding steroid dienone is 6. The Kier molecular flexibility index (Phi) is 17.1. The van der Waals surface area contributed by atoms with Gasteiger partial charge < -0.3 is 34.3 Å². The van der Waals surface area contributed by atoms with Crippen LogP contribution in [0.5, 0.6) is 0 Å². The highest BCUT2D eigenvalue weighted by molar-refractivity contribution is 5.82. The fourth-order valence-electron chi connectivity index (χ4n) is 6.27. The van der Waals surface area contributed by atoms with Crippen molar-refractivity contribution in [2.75, 3.05) is 13.2 Å². The predicted octanol–water partition coefficient (Wildman–Crippen LogP) is 6.41. The second-order valence-corrected chi connectivity index (χ2v) is 14.6. The van der Waals surface area contributed by atoms with Crippen molar-refractivity contribution in [1.29, 1.82) is 0 Å². The zero-order chi connectivity index (χ0) is 36.7. The lowest BCUT2D eigenvalue weighted by molar-refractivity contribution is -0.198. The maximum atomic E-state index is 13.0. The summed E-state index contributed by atoms with van der Waals surface area (Å²) in [5.74, 6) is -0.720. The fourth-order valence-corrected chi connectivity index (χ4v) is 6.27. The van der Waals surface area contributed by atoms with Crippen LogP contribution in [0.15, 0.2) is 84.6 Å². The summed E-state index contributed by atoms with van der Waals surface area (Å²) in [6.45, 7) is 13.9. The van der Waals surface area contributed by atoms with Gasteiger partial charge in [0.2, 0.25) is 0 Å². The molecule has 278 valence electrons. The van der Waals surface area contributed by atoms with Gasteiger partial charge in [-0.15, -0.1) is 0 Å². The number of ether oxygens (including phenoxy) is 4. The molecule has 4 bridgehead atoms. The molecule has 0 radical (unpaired) electrons. The molecule has 3 aliphatic heterocycles. The molecule has 0 aromatic carbocycles. The van der Waals surface area contributed by atoms with Crippen molar-refractivity contribution in [3.8, 4) is 0 Å². The van der Waals surface area contributed by atoms with E-state index in [1.165, 1.54) is 6.08 Å². The van der Waals surface area contributed by atoms with Gasteiger partial charge in [0.05, 0.1) is 42.5 Å². The van der Waals surface area contributed by atoms with Crippen LogP contribution in [0.3, 0.4) is 0 Å². The van der Waals surface area contributed by atoms with E-state index in [0.717, 1.165) is 24.0 Å². The number of carbonyl (C=O) groups is 2. The summed E-state index contributed by atoms with van der Waals surface area (Å²) in [5.41, 5.74) is 0.954. The van der Waals surface area contributed by atoms with E-state index in [4.69, 9.17) is 18.9 Å². The van der Waals surface area contributed by atoms with E-state index in [9.17, 15) is 24.9 Å². The van der Waals surface area contributed by atoms with Crippen molar-refractivity contribution in [3.05, 3.63) is 84.6 Å². The van der Waals surface area contributed by atoms with E-state index < -0.39 is 41.8 Å². The quantitative estimate of drug-likeness (QED) is 0.166. The molecular formula is C41H60O9. The zero-order valence-electron chi connectivity index (χ0n) is 30.6. The van der Waals surface area contributed by atoms with Crippen LogP contribution in [-0.2, 0) is 28.5 Å². The molecule has 0 amide bonds. The largest absolute Gasteiger partial charge is 0.459 e. The van der Waals surface area contributed by atoms with E-state index in [2.05, 4.69) is 26.5 Å². The third-order valence-electron chi connectivity index (χ3n) is 9.79. The summed E-state index contributed by atoms with van der Waals surface area (Å²) in [7, 11) is 0. The zero-order valence-corrected chi connectivity index (χ0v) is 30.6. The molecule has 9 heteroatoms. The van der Waals surface area contributed by atoms with Gasteiger partial charge in [0.25, 0.3) is 0 Å². The molecule has 9 atom stereocenters. The Morgan fingerprint density at radius 2 is 1.92 bits per heavy atom. The number of carbonyl (C=O) groups excluding carboxylic acids is 2. The third kappa shape index (κ3) is 13.2. The van der Waals surface area contributed by atoms with Crippen LogP contribution in [0.1, 0.15) is 86.0 Å². The maximum Gasteiger partial charge on any atom is 0.335 e. The first-order valence-corrected chi connectivity index (χ1v) is 18.1. The Morgan fingerprint density at radius 3 is 2.66 bits per heavy atom. The second kappa shape index (κ2) is 20.7. The summed E-state index contributed by atoms with van der Waals surface area (Å²) in [6.07, 6.45) is 21.0. The minimum absolute atomic E-state index is 0.0218. The Morgan fingerprint density at radius 1 is 1.14 bits per heavy atom.